The van der Waals surface area contributed by atoms with Crippen LogP contribution in [0.3, 0.4) is 0 Å². The quantitative estimate of drug-likeness (QED) is 0.350. The standard InChI is InChI=1S/C12H9Br3N2O3/c1-6-11(17(18)19)12(20-16-6)10(15)9(14)7-2-4-8(13)5-3-7/h2-5,9-10H,1H3. The van der Waals surface area contributed by atoms with Crippen molar-refractivity contribution in [2.45, 2.75) is 16.6 Å². The van der Waals surface area contributed by atoms with Gasteiger partial charge in [-0.15, -0.1) is 0 Å². The normalized spacial score (nSPS) is 14.0. The number of halogens is 3. The fraction of sp³-hybridized carbons (Fsp3) is 0.250. The van der Waals surface area contributed by atoms with Gasteiger partial charge in [0.2, 0.25) is 5.76 Å². The number of rotatable bonds is 4. The first kappa shape index (κ1) is 15.7. The lowest BCUT2D eigenvalue weighted by molar-refractivity contribution is -0.386. The molecule has 0 amide bonds. The van der Waals surface area contributed by atoms with Gasteiger partial charge in [-0.2, -0.15) is 0 Å². The number of aryl methyl sites for hydroxylation is 1. The third-order valence-electron chi connectivity index (χ3n) is 2.74. The second-order valence-electron chi connectivity index (χ2n) is 4.09. The minimum Gasteiger partial charge on any atom is -0.352 e. The van der Waals surface area contributed by atoms with Crippen LogP contribution in [0.25, 0.3) is 0 Å². The lowest BCUT2D eigenvalue weighted by Crippen LogP contribution is -2.01. The Balaban J connectivity index is 2.33. The van der Waals surface area contributed by atoms with Gasteiger partial charge in [-0.3, -0.25) is 10.1 Å². The smallest absolute Gasteiger partial charge is 0.335 e. The average Bonchev–Trinajstić information content (AvgIpc) is 2.80. The molecule has 0 bridgehead atoms. The monoisotopic (exact) mass is 466 g/mol. The average molecular weight is 469 g/mol. The van der Waals surface area contributed by atoms with E-state index in [2.05, 4.69) is 52.9 Å². The molecule has 0 aliphatic carbocycles. The Morgan fingerprint density at radius 2 is 1.85 bits per heavy atom. The Kier molecular flexibility index (Phi) is 4.98. The summed E-state index contributed by atoms with van der Waals surface area (Å²) < 4.78 is 6.07. The van der Waals surface area contributed by atoms with Crippen molar-refractivity contribution in [3.05, 3.63) is 55.9 Å². The topological polar surface area (TPSA) is 69.2 Å². The van der Waals surface area contributed by atoms with Crippen LogP contribution >= 0.6 is 47.8 Å². The highest BCUT2D eigenvalue weighted by atomic mass is 79.9. The van der Waals surface area contributed by atoms with Gasteiger partial charge in [-0.05, 0) is 24.6 Å². The molecule has 0 radical (unpaired) electrons. The SMILES string of the molecule is Cc1noc(C(Br)C(Br)c2ccc(Br)cc2)c1[N+](=O)[O-]. The first-order valence-electron chi connectivity index (χ1n) is 5.56. The van der Waals surface area contributed by atoms with Crippen LogP contribution in [0.15, 0.2) is 33.3 Å². The Hall–Kier alpha value is -0.730. The Bertz CT molecular complexity index is 627. The van der Waals surface area contributed by atoms with Gasteiger partial charge >= 0.3 is 5.69 Å². The number of benzene rings is 1. The summed E-state index contributed by atoms with van der Waals surface area (Å²) in [4.78, 5) is 10.0. The second-order valence-corrected chi connectivity index (χ2v) is 6.98. The van der Waals surface area contributed by atoms with E-state index in [1.807, 2.05) is 24.3 Å². The molecule has 0 saturated heterocycles. The molecule has 0 aliphatic rings. The first-order valence-corrected chi connectivity index (χ1v) is 8.18. The number of aromatic nitrogens is 1. The zero-order valence-electron chi connectivity index (χ0n) is 10.2. The van der Waals surface area contributed by atoms with E-state index in [4.69, 9.17) is 4.52 Å². The van der Waals surface area contributed by atoms with Crippen LogP contribution in [-0.4, -0.2) is 10.1 Å². The number of nitro groups is 1. The first-order chi connectivity index (χ1) is 9.41. The number of hydrogen-bond acceptors (Lipinski definition) is 4. The molecule has 2 rings (SSSR count). The molecule has 5 nitrogen and oxygen atoms in total. The Labute approximate surface area is 140 Å². The van der Waals surface area contributed by atoms with E-state index in [0.717, 1.165) is 10.0 Å². The number of hydrogen-bond donors (Lipinski definition) is 0. The van der Waals surface area contributed by atoms with Crippen LogP contribution in [-0.2, 0) is 0 Å². The van der Waals surface area contributed by atoms with E-state index in [0.29, 0.717) is 0 Å². The van der Waals surface area contributed by atoms with Gasteiger partial charge in [0.15, 0.2) is 5.69 Å². The minimum atomic E-state index is -0.475. The van der Waals surface area contributed by atoms with E-state index >= 15 is 0 Å². The molecule has 1 aromatic heterocycles. The van der Waals surface area contributed by atoms with Crippen molar-refractivity contribution < 1.29 is 9.45 Å². The zero-order valence-corrected chi connectivity index (χ0v) is 15.0. The van der Waals surface area contributed by atoms with Gasteiger partial charge < -0.3 is 4.52 Å². The Morgan fingerprint density at radius 3 is 2.40 bits per heavy atom. The predicted molar refractivity (Wildman–Crippen MR) is 85.4 cm³/mol. The fourth-order valence-corrected chi connectivity index (χ4v) is 3.15. The van der Waals surface area contributed by atoms with Gasteiger partial charge in [0.05, 0.1) is 14.6 Å². The van der Waals surface area contributed by atoms with Crippen LogP contribution in [0.1, 0.15) is 26.7 Å². The fourth-order valence-electron chi connectivity index (χ4n) is 1.73. The molecule has 0 spiro atoms. The molecule has 0 aliphatic heterocycles. The summed E-state index contributed by atoms with van der Waals surface area (Å²) in [6, 6.07) is 7.66. The number of nitrogens with zero attached hydrogens (tertiary/aromatic N) is 2. The van der Waals surface area contributed by atoms with Crippen molar-refractivity contribution >= 4 is 53.5 Å². The molecule has 0 fully saturated rings. The van der Waals surface area contributed by atoms with Gasteiger partial charge in [0.25, 0.3) is 0 Å². The van der Waals surface area contributed by atoms with Crippen LogP contribution in [0.5, 0.6) is 0 Å². The maximum absolute atomic E-state index is 11.1. The molecule has 2 atom stereocenters. The highest BCUT2D eigenvalue weighted by Gasteiger charge is 2.33. The summed E-state index contributed by atoms with van der Waals surface area (Å²) in [6.45, 7) is 1.55. The van der Waals surface area contributed by atoms with Gasteiger partial charge in [-0.1, -0.05) is 65.1 Å². The maximum atomic E-state index is 11.1. The van der Waals surface area contributed by atoms with Crippen molar-refractivity contribution in [3.8, 4) is 0 Å². The van der Waals surface area contributed by atoms with Crippen LogP contribution in [0, 0.1) is 17.0 Å². The highest BCUT2D eigenvalue weighted by molar-refractivity contribution is 9.12. The van der Waals surface area contributed by atoms with Crippen molar-refractivity contribution in [2.24, 2.45) is 0 Å². The molecule has 0 N–H and O–H groups in total. The van der Waals surface area contributed by atoms with Crippen molar-refractivity contribution in [1.82, 2.24) is 5.16 Å². The summed E-state index contributed by atoms with van der Waals surface area (Å²) in [5.74, 6) is 0.206. The molecule has 1 aromatic carbocycles. The molecule has 0 saturated carbocycles. The van der Waals surface area contributed by atoms with Crippen LogP contribution < -0.4 is 0 Å². The largest absolute Gasteiger partial charge is 0.352 e. The van der Waals surface area contributed by atoms with Crippen molar-refractivity contribution in [2.75, 3.05) is 0 Å². The van der Waals surface area contributed by atoms with Gasteiger partial charge in [0.1, 0.15) is 0 Å². The highest BCUT2D eigenvalue weighted by Crippen LogP contribution is 2.46. The Morgan fingerprint density at radius 1 is 1.25 bits per heavy atom. The molecular weight excluding hydrogens is 460 g/mol. The molecule has 20 heavy (non-hydrogen) atoms. The maximum Gasteiger partial charge on any atom is 0.335 e. The van der Waals surface area contributed by atoms with E-state index in [-0.39, 0.29) is 22.0 Å². The van der Waals surface area contributed by atoms with Gasteiger partial charge in [0, 0.05) is 4.47 Å². The molecule has 2 aromatic rings. The molecule has 106 valence electrons. The predicted octanol–water partition coefficient (Wildman–Crippen LogP) is 5.23. The summed E-state index contributed by atoms with van der Waals surface area (Å²) in [5, 5.41) is 14.7. The summed E-state index contributed by atoms with van der Waals surface area (Å²) in [5.41, 5.74) is 1.15. The molecule has 1 heterocycles. The van der Waals surface area contributed by atoms with Crippen molar-refractivity contribution in [3.63, 3.8) is 0 Å². The summed E-state index contributed by atoms with van der Waals surface area (Å²) >= 11 is 10.3. The third-order valence-corrected chi connectivity index (χ3v) is 5.98. The summed E-state index contributed by atoms with van der Waals surface area (Å²) in [6.07, 6.45) is 0. The molecule has 2 unspecified atom stereocenters. The lowest BCUT2D eigenvalue weighted by Gasteiger charge is -2.14. The van der Waals surface area contributed by atoms with Gasteiger partial charge in [-0.25, -0.2) is 0 Å². The molecular formula is C12H9Br3N2O3. The summed E-state index contributed by atoms with van der Waals surface area (Å²) in [7, 11) is 0. The van der Waals surface area contributed by atoms with E-state index in [1.54, 1.807) is 6.92 Å². The van der Waals surface area contributed by atoms with Crippen molar-refractivity contribution in [1.29, 1.82) is 0 Å². The van der Waals surface area contributed by atoms with E-state index in [9.17, 15) is 10.1 Å². The van der Waals surface area contributed by atoms with Crippen LogP contribution in [0.2, 0.25) is 0 Å². The zero-order chi connectivity index (χ0) is 14.9. The second kappa shape index (κ2) is 6.36. The minimum absolute atomic E-state index is 0.0894. The third kappa shape index (κ3) is 3.12. The van der Waals surface area contributed by atoms with E-state index < -0.39 is 9.75 Å². The number of alkyl halides is 2. The van der Waals surface area contributed by atoms with Crippen LogP contribution in [0.4, 0.5) is 5.69 Å². The lowest BCUT2D eigenvalue weighted by atomic mass is 10.1. The van der Waals surface area contributed by atoms with E-state index in [1.165, 1.54) is 0 Å². The molecule has 8 heteroatoms.